The maximum Gasteiger partial charge on any atom is 0.136 e. The van der Waals surface area contributed by atoms with Gasteiger partial charge in [0.05, 0.1) is 31.6 Å². The third-order valence-corrected chi connectivity index (χ3v) is 3.73. The summed E-state index contributed by atoms with van der Waals surface area (Å²) in [5, 5.41) is 12.8. The molecule has 2 heterocycles. The third-order valence-electron chi connectivity index (χ3n) is 3.73. The average Bonchev–Trinajstić information content (AvgIpc) is 2.96. The number of anilines is 1. The zero-order valence-electron chi connectivity index (χ0n) is 13.4. The van der Waals surface area contributed by atoms with Gasteiger partial charge in [0, 0.05) is 17.4 Å². The van der Waals surface area contributed by atoms with Crippen LogP contribution in [-0.4, -0.2) is 21.1 Å². The van der Waals surface area contributed by atoms with Crippen LogP contribution in [0.1, 0.15) is 23.7 Å². The molecule has 23 heavy (non-hydrogen) atoms. The predicted octanol–water partition coefficient (Wildman–Crippen LogP) is 3.15. The van der Waals surface area contributed by atoms with Crippen LogP contribution < -0.4 is 10.1 Å². The Labute approximate surface area is 135 Å². The van der Waals surface area contributed by atoms with Gasteiger partial charge in [-0.2, -0.15) is 0 Å². The van der Waals surface area contributed by atoms with Crippen LogP contribution in [0.2, 0.25) is 0 Å². The van der Waals surface area contributed by atoms with E-state index in [0.29, 0.717) is 13.2 Å². The summed E-state index contributed by atoms with van der Waals surface area (Å²) in [6, 6.07) is 9.83. The van der Waals surface area contributed by atoms with E-state index in [1.807, 2.05) is 37.4 Å². The van der Waals surface area contributed by atoms with E-state index in [1.165, 1.54) is 5.56 Å². The molecule has 0 radical (unpaired) electrons. The monoisotopic (exact) mass is 311 g/mol. The van der Waals surface area contributed by atoms with Gasteiger partial charge in [-0.05, 0) is 43.7 Å². The molecule has 1 aromatic carbocycles. The summed E-state index contributed by atoms with van der Waals surface area (Å²) in [5.41, 5.74) is 4.95. The van der Waals surface area contributed by atoms with Crippen LogP contribution in [0.5, 0.6) is 5.75 Å². The molecule has 5 heteroatoms. The number of nitrogens with zero attached hydrogens (tertiary/aromatic N) is 2. The highest BCUT2D eigenvalue weighted by molar-refractivity contribution is 5.51. The SMILES string of the molecule is CCOc1ccc(NCc2cnc3ccc(C)cn23)cc1CO. The first-order chi connectivity index (χ1) is 11.2. The van der Waals surface area contributed by atoms with Crippen LogP contribution in [0.3, 0.4) is 0 Å². The quantitative estimate of drug-likeness (QED) is 0.734. The largest absolute Gasteiger partial charge is 0.494 e. The summed E-state index contributed by atoms with van der Waals surface area (Å²) in [5.74, 6) is 0.728. The van der Waals surface area contributed by atoms with Gasteiger partial charge in [0.1, 0.15) is 11.4 Å². The molecule has 0 saturated carbocycles. The number of aliphatic hydroxyl groups is 1. The number of hydrogen-bond donors (Lipinski definition) is 2. The molecule has 0 spiro atoms. The molecule has 0 amide bonds. The Hall–Kier alpha value is -2.53. The second-order valence-corrected chi connectivity index (χ2v) is 5.45. The van der Waals surface area contributed by atoms with Crippen molar-refractivity contribution in [1.29, 1.82) is 0 Å². The molecule has 3 rings (SSSR count). The molecule has 0 aliphatic carbocycles. The van der Waals surface area contributed by atoms with Crippen LogP contribution in [-0.2, 0) is 13.2 Å². The first-order valence-corrected chi connectivity index (χ1v) is 7.74. The van der Waals surface area contributed by atoms with Crippen molar-refractivity contribution < 1.29 is 9.84 Å². The number of fused-ring (bicyclic) bond motifs is 1. The van der Waals surface area contributed by atoms with E-state index in [4.69, 9.17) is 4.74 Å². The van der Waals surface area contributed by atoms with E-state index < -0.39 is 0 Å². The number of nitrogens with one attached hydrogen (secondary N) is 1. The van der Waals surface area contributed by atoms with Gasteiger partial charge in [0.2, 0.25) is 0 Å². The molecule has 0 atom stereocenters. The van der Waals surface area contributed by atoms with Crippen LogP contribution in [0.4, 0.5) is 5.69 Å². The minimum atomic E-state index is -0.0420. The summed E-state index contributed by atoms with van der Waals surface area (Å²) in [4.78, 5) is 4.41. The van der Waals surface area contributed by atoms with Crippen molar-refractivity contribution in [3.63, 3.8) is 0 Å². The number of aryl methyl sites for hydroxylation is 1. The molecule has 0 bridgehead atoms. The first kappa shape index (κ1) is 15.4. The molecule has 2 aromatic heterocycles. The van der Waals surface area contributed by atoms with Crippen molar-refractivity contribution >= 4 is 11.3 Å². The summed E-state index contributed by atoms with van der Waals surface area (Å²) in [6.07, 6.45) is 3.96. The summed E-state index contributed by atoms with van der Waals surface area (Å²) in [6.45, 7) is 5.20. The molecular weight excluding hydrogens is 290 g/mol. The van der Waals surface area contributed by atoms with Gasteiger partial charge in [-0.15, -0.1) is 0 Å². The Morgan fingerprint density at radius 2 is 2.13 bits per heavy atom. The third kappa shape index (κ3) is 3.29. The second kappa shape index (κ2) is 6.71. The Balaban J connectivity index is 1.78. The van der Waals surface area contributed by atoms with E-state index in [2.05, 4.69) is 33.9 Å². The van der Waals surface area contributed by atoms with E-state index >= 15 is 0 Å². The standard InChI is InChI=1S/C18H21N3O2/c1-3-23-17-6-5-15(8-14(17)12-22)19-9-16-10-20-18-7-4-13(2)11-21(16)18/h4-8,10-11,19,22H,3,9,12H2,1-2H3. The van der Waals surface area contributed by atoms with Crippen molar-refractivity contribution in [2.75, 3.05) is 11.9 Å². The topological polar surface area (TPSA) is 58.8 Å². The van der Waals surface area contributed by atoms with Crippen molar-refractivity contribution in [2.24, 2.45) is 0 Å². The lowest BCUT2D eigenvalue weighted by atomic mass is 10.2. The van der Waals surface area contributed by atoms with E-state index in [0.717, 1.165) is 28.3 Å². The maximum atomic E-state index is 9.47. The van der Waals surface area contributed by atoms with Crippen molar-refractivity contribution in [3.05, 3.63) is 59.5 Å². The zero-order chi connectivity index (χ0) is 16.2. The minimum absolute atomic E-state index is 0.0420. The highest BCUT2D eigenvalue weighted by atomic mass is 16.5. The van der Waals surface area contributed by atoms with Gasteiger partial charge in [0.25, 0.3) is 0 Å². The molecule has 0 fully saturated rings. The van der Waals surface area contributed by atoms with Gasteiger partial charge in [-0.3, -0.25) is 0 Å². The van der Waals surface area contributed by atoms with Gasteiger partial charge in [-0.1, -0.05) is 6.07 Å². The zero-order valence-corrected chi connectivity index (χ0v) is 13.4. The molecule has 120 valence electrons. The average molecular weight is 311 g/mol. The summed E-state index contributed by atoms with van der Waals surface area (Å²) >= 11 is 0. The predicted molar refractivity (Wildman–Crippen MR) is 90.8 cm³/mol. The molecule has 0 unspecified atom stereocenters. The fraction of sp³-hybridized carbons (Fsp3) is 0.278. The number of rotatable bonds is 6. The maximum absolute atomic E-state index is 9.47. The summed E-state index contributed by atoms with van der Waals surface area (Å²) in [7, 11) is 0. The lowest BCUT2D eigenvalue weighted by Crippen LogP contribution is -2.04. The molecule has 0 aliphatic heterocycles. The molecule has 5 nitrogen and oxygen atoms in total. The van der Waals surface area contributed by atoms with Crippen molar-refractivity contribution in [1.82, 2.24) is 9.38 Å². The summed E-state index contributed by atoms with van der Waals surface area (Å²) < 4.78 is 7.59. The number of aromatic nitrogens is 2. The number of benzene rings is 1. The Morgan fingerprint density at radius 3 is 2.91 bits per heavy atom. The molecule has 0 aliphatic rings. The second-order valence-electron chi connectivity index (χ2n) is 5.45. The van der Waals surface area contributed by atoms with E-state index in [9.17, 15) is 5.11 Å². The molecule has 3 aromatic rings. The Morgan fingerprint density at radius 1 is 1.26 bits per heavy atom. The normalized spacial score (nSPS) is 10.9. The lowest BCUT2D eigenvalue weighted by Gasteiger charge is -2.12. The van der Waals surface area contributed by atoms with E-state index in [-0.39, 0.29) is 6.61 Å². The minimum Gasteiger partial charge on any atom is -0.494 e. The van der Waals surface area contributed by atoms with E-state index in [1.54, 1.807) is 0 Å². The first-order valence-electron chi connectivity index (χ1n) is 7.74. The van der Waals surface area contributed by atoms with Crippen molar-refractivity contribution in [3.8, 4) is 5.75 Å². The highest BCUT2D eigenvalue weighted by Gasteiger charge is 2.06. The fourth-order valence-corrected chi connectivity index (χ4v) is 2.57. The lowest BCUT2D eigenvalue weighted by molar-refractivity contribution is 0.267. The van der Waals surface area contributed by atoms with Crippen LogP contribution in [0.15, 0.2) is 42.7 Å². The van der Waals surface area contributed by atoms with Crippen LogP contribution >= 0.6 is 0 Å². The molecule has 0 saturated heterocycles. The van der Waals surface area contributed by atoms with Crippen LogP contribution in [0, 0.1) is 6.92 Å². The molecular formula is C18H21N3O2. The number of hydrogen-bond acceptors (Lipinski definition) is 4. The van der Waals surface area contributed by atoms with Gasteiger partial charge < -0.3 is 19.6 Å². The Bertz CT molecular complexity index is 811. The smallest absolute Gasteiger partial charge is 0.136 e. The van der Waals surface area contributed by atoms with Crippen LogP contribution in [0.25, 0.3) is 5.65 Å². The number of pyridine rings is 1. The van der Waals surface area contributed by atoms with Gasteiger partial charge >= 0.3 is 0 Å². The van der Waals surface area contributed by atoms with Gasteiger partial charge in [0.15, 0.2) is 0 Å². The number of imidazole rings is 1. The molecule has 2 N–H and O–H groups in total. The van der Waals surface area contributed by atoms with Crippen molar-refractivity contribution in [2.45, 2.75) is 27.0 Å². The fourth-order valence-electron chi connectivity index (χ4n) is 2.57. The number of aliphatic hydroxyl groups excluding tert-OH is 1. The number of ether oxygens (including phenoxy) is 1. The van der Waals surface area contributed by atoms with Gasteiger partial charge in [-0.25, -0.2) is 4.98 Å². The highest BCUT2D eigenvalue weighted by Crippen LogP contribution is 2.23. The Kier molecular flexibility index (Phi) is 4.48.